The molecule has 0 radical (unpaired) electrons. The van der Waals surface area contributed by atoms with Gasteiger partial charge >= 0.3 is 5.97 Å². The molecule has 0 saturated carbocycles. The van der Waals surface area contributed by atoms with Crippen molar-refractivity contribution in [3.63, 3.8) is 0 Å². The van der Waals surface area contributed by atoms with Crippen molar-refractivity contribution in [1.82, 2.24) is 0 Å². The molecule has 0 amide bonds. The average molecular weight is 269 g/mol. The van der Waals surface area contributed by atoms with Crippen LogP contribution in [0.15, 0.2) is 47.6 Å². The Bertz CT molecular complexity index is 673. The van der Waals surface area contributed by atoms with Gasteiger partial charge in [-0.1, -0.05) is 47.6 Å². The molecule has 0 saturated heterocycles. The quantitative estimate of drug-likeness (QED) is 0.804. The van der Waals surface area contributed by atoms with Crippen LogP contribution in [0.2, 0.25) is 0 Å². The van der Waals surface area contributed by atoms with Crippen LogP contribution in [0.25, 0.3) is 10.8 Å². The Hall–Kier alpha value is -2.36. The molecule has 3 rings (SSSR count). The van der Waals surface area contributed by atoms with E-state index in [1.807, 2.05) is 24.3 Å². The molecule has 1 heterocycles. The average Bonchev–Trinajstić information content (AvgIpc) is 2.97. The van der Waals surface area contributed by atoms with E-state index >= 15 is 0 Å². The lowest BCUT2D eigenvalue weighted by Crippen LogP contribution is -2.16. The number of hydrogen-bond donors (Lipinski definition) is 0. The molecule has 0 aliphatic carbocycles. The second-order valence-corrected chi connectivity index (χ2v) is 4.63. The summed E-state index contributed by atoms with van der Waals surface area (Å²) in [6.45, 7) is 2.12. The van der Waals surface area contributed by atoms with Crippen molar-refractivity contribution in [2.24, 2.45) is 5.16 Å². The number of nitrogens with zero attached hydrogens (tertiary/aromatic N) is 1. The second kappa shape index (κ2) is 5.33. The van der Waals surface area contributed by atoms with Crippen molar-refractivity contribution < 1.29 is 14.4 Å². The van der Waals surface area contributed by atoms with Crippen LogP contribution in [0.1, 0.15) is 25.0 Å². The summed E-state index contributed by atoms with van der Waals surface area (Å²) in [5, 5.41) is 6.14. The van der Waals surface area contributed by atoms with Gasteiger partial charge in [0.1, 0.15) is 0 Å². The van der Waals surface area contributed by atoms with E-state index in [1.54, 1.807) is 6.92 Å². The van der Waals surface area contributed by atoms with Crippen LogP contribution in [-0.2, 0) is 14.4 Å². The molecule has 0 bridgehead atoms. The minimum atomic E-state index is -0.393. The summed E-state index contributed by atoms with van der Waals surface area (Å²) < 4.78 is 4.95. The predicted molar refractivity (Wildman–Crippen MR) is 76.5 cm³/mol. The first-order valence-electron chi connectivity index (χ1n) is 6.67. The molecular weight excluding hydrogens is 254 g/mol. The minimum Gasteiger partial charge on any atom is -0.461 e. The summed E-state index contributed by atoms with van der Waals surface area (Å²) in [5.41, 5.74) is 1.40. The fourth-order valence-corrected chi connectivity index (χ4v) is 2.41. The summed E-state index contributed by atoms with van der Waals surface area (Å²) in [4.78, 5) is 17.1. The van der Waals surface area contributed by atoms with Gasteiger partial charge in [0.25, 0.3) is 0 Å². The molecule has 102 valence electrons. The van der Waals surface area contributed by atoms with Gasteiger partial charge in [-0.3, -0.25) is 0 Å². The van der Waals surface area contributed by atoms with Crippen molar-refractivity contribution in [3.05, 3.63) is 48.0 Å². The first-order valence-corrected chi connectivity index (χ1v) is 6.67. The summed E-state index contributed by atoms with van der Waals surface area (Å²) in [6, 6.07) is 14.2. The van der Waals surface area contributed by atoms with Gasteiger partial charge in [0, 0.05) is 12.0 Å². The summed E-state index contributed by atoms with van der Waals surface area (Å²) in [6.07, 6.45) is 0.229. The smallest absolute Gasteiger partial charge is 0.356 e. The number of carbonyl (C=O) groups is 1. The lowest BCUT2D eigenvalue weighted by molar-refractivity contribution is -0.135. The number of oxime groups is 1. The fourth-order valence-electron chi connectivity index (χ4n) is 2.41. The first kappa shape index (κ1) is 12.7. The topological polar surface area (TPSA) is 47.9 Å². The third-order valence-corrected chi connectivity index (χ3v) is 3.35. The fraction of sp³-hybridized carbons (Fsp3) is 0.250. The van der Waals surface area contributed by atoms with Crippen molar-refractivity contribution in [3.8, 4) is 0 Å². The van der Waals surface area contributed by atoms with E-state index in [9.17, 15) is 4.79 Å². The Labute approximate surface area is 117 Å². The summed E-state index contributed by atoms with van der Waals surface area (Å²) in [5.74, 6) is -0.393. The standard InChI is InChI=1S/C16H15NO3/c1-2-19-16(18)14-10-15(20-17-14)13-9-5-7-11-6-3-4-8-12(11)13/h3-9,15H,2,10H2,1H3. The number of rotatable bonds is 3. The first-order chi connectivity index (χ1) is 9.79. The van der Waals surface area contributed by atoms with E-state index in [1.165, 1.54) is 0 Å². The Morgan fingerprint density at radius 2 is 2.10 bits per heavy atom. The van der Waals surface area contributed by atoms with Crippen LogP contribution in [0.3, 0.4) is 0 Å². The Morgan fingerprint density at radius 1 is 1.30 bits per heavy atom. The van der Waals surface area contributed by atoms with E-state index in [4.69, 9.17) is 9.57 Å². The lowest BCUT2D eigenvalue weighted by Gasteiger charge is -2.11. The molecule has 0 aromatic heterocycles. The zero-order chi connectivity index (χ0) is 13.9. The Morgan fingerprint density at radius 3 is 2.95 bits per heavy atom. The molecule has 1 atom stereocenters. The summed E-state index contributed by atoms with van der Waals surface area (Å²) in [7, 11) is 0. The SMILES string of the molecule is CCOC(=O)C1=NOC(c2cccc3ccccc23)C1. The van der Waals surface area contributed by atoms with E-state index < -0.39 is 5.97 Å². The van der Waals surface area contributed by atoms with Gasteiger partial charge in [-0.15, -0.1) is 0 Å². The van der Waals surface area contributed by atoms with Crippen LogP contribution < -0.4 is 0 Å². The highest BCUT2D eigenvalue weighted by atomic mass is 16.6. The lowest BCUT2D eigenvalue weighted by atomic mass is 9.98. The number of fused-ring (bicyclic) bond motifs is 1. The van der Waals surface area contributed by atoms with Gasteiger partial charge in [-0.2, -0.15) is 0 Å². The molecule has 1 aliphatic rings. The van der Waals surface area contributed by atoms with Crippen molar-refractivity contribution in [2.45, 2.75) is 19.4 Å². The Balaban J connectivity index is 1.86. The molecule has 1 unspecified atom stereocenters. The van der Waals surface area contributed by atoms with Gasteiger partial charge in [-0.25, -0.2) is 4.79 Å². The number of esters is 1. The minimum absolute atomic E-state index is 0.222. The van der Waals surface area contributed by atoms with Gasteiger partial charge < -0.3 is 9.57 Å². The van der Waals surface area contributed by atoms with Crippen molar-refractivity contribution in [1.29, 1.82) is 0 Å². The number of hydrogen-bond acceptors (Lipinski definition) is 4. The Kier molecular flexibility index (Phi) is 3.37. The van der Waals surface area contributed by atoms with Crippen LogP contribution in [0.4, 0.5) is 0 Å². The van der Waals surface area contributed by atoms with E-state index in [-0.39, 0.29) is 6.10 Å². The zero-order valence-corrected chi connectivity index (χ0v) is 11.2. The van der Waals surface area contributed by atoms with Crippen LogP contribution in [-0.4, -0.2) is 18.3 Å². The van der Waals surface area contributed by atoms with Gasteiger partial charge in [0.2, 0.25) is 0 Å². The molecule has 20 heavy (non-hydrogen) atoms. The molecule has 4 heteroatoms. The molecule has 1 aliphatic heterocycles. The van der Waals surface area contributed by atoms with Crippen LogP contribution in [0.5, 0.6) is 0 Å². The van der Waals surface area contributed by atoms with E-state index in [0.717, 1.165) is 16.3 Å². The van der Waals surface area contributed by atoms with Crippen LogP contribution in [0, 0.1) is 0 Å². The molecule has 2 aromatic rings. The largest absolute Gasteiger partial charge is 0.461 e. The molecule has 4 nitrogen and oxygen atoms in total. The monoisotopic (exact) mass is 269 g/mol. The molecule has 0 fully saturated rings. The predicted octanol–water partition coefficient (Wildman–Crippen LogP) is 3.22. The summed E-state index contributed by atoms with van der Waals surface area (Å²) >= 11 is 0. The van der Waals surface area contributed by atoms with Gasteiger partial charge in [0.05, 0.1) is 6.61 Å². The van der Waals surface area contributed by atoms with Gasteiger partial charge in [-0.05, 0) is 17.7 Å². The highest BCUT2D eigenvalue weighted by Gasteiger charge is 2.29. The zero-order valence-electron chi connectivity index (χ0n) is 11.2. The van der Waals surface area contributed by atoms with E-state index in [0.29, 0.717) is 18.7 Å². The number of carbonyl (C=O) groups excluding carboxylic acids is 1. The van der Waals surface area contributed by atoms with Crippen molar-refractivity contribution >= 4 is 22.5 Å². The third-order valence-electron chi connectivity index (χ3n) is 3.35. The number of benzene rings is 2. The highest BCUT2D eigenvalue weighted by Crippen LogP contribution is 2.32. The molecular formula is C16H15NO3. The van der Waals surface area contributed by atoms with Crippen molar-refractivity contribution in [2.75, 3.05) is 6.61 Å². The highest BCUT2D eigenvalue weighted by molar-refractivity contribution is 6.36. The normalized spacial score (nSPS) is 17.6. The second-order valence-electron chi connectivity index (χ2n) is 4.63. The molecule has 2 aromatic carbocycles. The molecule has 0 spiro atoms. The maximum atomic E-state index is 11.7. The van der Waals surface area contributed by atoms with Crippen LogP contribution >= 0.6 is 0 Å². The maximum Gasteiger partial charge on any atom is 0.356 e. The maximum absolute atomic E-state index is 11.7. The number of ether oxygens (including phenoxy) is 1. The molecule has 0 N–H and O–H groups in total. The third kappa shape index (κ3) is 2.25. The van der Waals surface area contributed by atoms with Gasteiger partial charge in [0.15, 0.2) is 11.8 Å². The van der Waals surface area contributed by atoms with E-state index in [2.05, 4.69) is 23.4 Å².